The molecule has 0 aliphatic carbocycles. The van der Waals surface area contributed by atoms with Gasteiger partial charge in [0.15, 0.2) is 0 Å². The Bertz CT molecular complexity index is 679. The van der Waals surface area contributed by atoms with E-state index in [1.165, 1.54) is 68.4 Å². The molecule has 4 heteroatoms. The summed E-state index contributed by atoms with van der Waals surface area (Å²) in [6, 6.07) is 6.35. The van der Waals surface area contributed by atoms with Crippen molar-refractivity contribution in [1.82, 2.24) is 15.1 Å². The molecule has 0 aliphatic heterocycles. The Labute approximate surface area is 197 Å². The van der Waals surface area contributed by atoms with E-state index in [0.717, 1.165) is 19.3 Å². The van der Waals surface area contributed by atoms with Crippen LogP contribution in [0.5, 0.6) is 0 Å². The smallest absolute Gasteiger partial charge is 0.242 e. The van der Waals surface area contributed by atoms with E-state index in [1.807, 2.05) is 12.3 Å². The van der Waals surface area contributed by atoms with E-state index < -0.39 is 0 Å². The highest BCUT2D eigenvalue weighted by molar-refractivity contribution is 5.81. The Kier molecular flexibility index (Phi) is 14.5. The summed E-state index contributed by atoms with van der Waals surface area (Å²) in [5, 5.41) is 2.81. The van der Waals surface area contributed by atoms with E-state index in [0.29, 0.717) is 6.54 Å². The molecule has 0 aliphatic rings. The van der Waals surface area contributed by atoms with Crippen LogP contribution in [0.2, 0.25) is 0 Å². The van der Waals surface area contributed by atoms with Crippen molar-refractivity contribution in [3.05, 3.63) is 60.3 Å². The van der Waals surface area contributed by atoms with Crippen molar-refractivity contribution >= 4 is 5.91 Å². The van der Waals surface area contributed by atoms with Crippen molar-refractivity contribution in [2.45, 2.75) is 84.7 Å². The predicted octanol–water partition coefficient (Wildman–Crippen LogP) is 5.86. The zero-order valence-corrected chi connectivity index (χ0v) is 21.2. The summed E-state index contributed by atoms with van der Waals surface area (Å²) >= 11 is 0. The largest absolute Gasteiger partial charge is 0.362 e. The van der Waals surface area contributed by atoms with Crippen molar-refractivity contribution < 1.29 is 4.79 Å². The Balaban J connectivity index is 2.78. The highest BCUT2D eigenvalue weighted by Crippen LogP contribution is 2.22. The predicted molar refractivity (Wildman–Crippen MR) is 139 cm³/mol. The molecule has 32 heavy (non-hydrogen) atoms. The fourth-order valence-corrected chi connectivity index (χ4v) is 4.39. The highest BCUT2D eigenvalue weighted by Gasteiger charge is 2.23. The summed E-state index contributed by atoms with van der Waals surface area (Å²) in [5.74, 6) is 0.0330. The standard InChI is InChI=1S/C28H47N3O/c1-7-11-19-27(28(32)29-6)31(10-4)23-26-24(5)16-15-18-25(26)17-13-12-14-22-30(20-8-2)21-9-3/h7,10,15-16,18,27H,1,4,8-9,11-14,17,19-23H2,2-3,5-6H3,(H,29,32). The lowest BCUT2D eigenvalue weighted by atomic mass is 9.96. The molecule has 180 valence electrons. The van der Waals surface area contributed by atoms with Gasteiger partial charge in [-0.3, -0.25) is 4.79 Å². The number of carbonyl (C=O) groups excluding carboxylic acids is 1. The average Bonchev–Trinajstić information content (AvgIpc) is 2.79. The minimum absolute atomic E-state index is 0.0330. The summed E-state index contributed by atoms with van der Waals surface area (Å²) in [7, 11) is 1.70. The van der Waals surface area contributed by atoms with Gasteiger partial charge in [-0.2, -0.15) is 0 Å². The average molecular weight is 442 g/mol. The lowest BCUT2D eigenvalue weighted by Crippen LogP contribution is -2.43. The Hall–Kier alpha value is -2.07. The van der Waals surface area contributed by atoms with E-state index in [9.17, 15) is 4.79 Å². The quantitative estimate of drug-likeness (QED) is 0.229. The third-order valence-corrected chi connectivity index (χ3v) is 6.18. The van der Waals surface area contributed by atoms with Crippen molar-refractivity contribution in [3.8, 4) is 0 Å². The molecule has 1 aromatic carbocycles. The van der Waals surface area contributed by atoms with Crippen LogP contribution in [0.3, 0.4) is 0 Å². The van der Waals surface area contributed by atoms with Gasteiger partial charge in [-0.05, 0) is 94.4 Å². The topological polar surface area (TPSA) is 35.6 Å². The first-order chi connectivity index (χ1) is 15.5. The minimum atomic E-state index is -0.230. The van der Waals surface area contributed by atoms with Crippen molar-refractivity contribution in [2.24, 2.45) is 0 Å². The van der Waals surface area contributed by atoms with Crippen LogP contribution in [-0.4, -0.2) is 48.4 Å². The number of hydrogen-bond acceptors (Lipinski definition) is 3. The molecule has 0 spiro atoms. The van der Waals surface area contributed by atoms with Crippen LogP contribution in [0.15, 0.2) is 43.6 Å². The van der Waals surface area contributed by atoms with Gasteiger partial charge < -0.3 is 15.1 Å². The van der Waals surface area contributed by atoms with Gasteiger partial charge in [0.2, 0.25) is 5.91 Å². The number of amides is 1. The third-order valence-electron chi connectivity index (χ3n) is 6.18. The molecule has 1 aromatic rings. The number of carbonyl (C=O) groups is 1. The van der Waals surface area contributed by atoms with Gasteiger partial charge in [0.25, 0.3) is 0 Å². The fraction of sp³-hybridized carbons (Fsp3) is 0.607. The normalized spacial score (nSPS) is 11.9. The molecular weight excluding hydrogens is 394 g/mol. The molecule has 0 heterocycles. The minimum Gasteiger partial charge on any atom is -0.362 e. The van der Waals surface area contributed by atoms with Crippen LogP contribution in [0.1, 0.15) is 75.5 Å². The summed E-state index contributed by atoms with van der Waals surface area (Å²) in [5.41, 5.74) is 4.01. The molecular formula is C28H47N3O. The van der Waals surface area contributed by atoms with Gasteiger partial charge in [-0.15, -0.1) is 6.58 Å². The van der Waals surface area contributed by atoms with Crippen molar-refractivity contribution in [3.63, 3.8) is 0 Å². The molecule has 0 aromatic heterocycles. The number of hydrogen-bond donors (Lipinski definition) is 1. The second kappa shape index (κ2) is 16.5. The molecule has 1 unspecified atom stereocenters. The molecule has 1 N–H and O–H groups in total. The van der Waals surface area contributed by atoms with Gasteiger partial charge in [0.05, 0.1) is 0 Å². The molecule has 1 amide bonds. The second-order valence-corrected chi connectivity index (χ2v) is 8.72. The van der Waals surface area contributed by atoms with Crippen LogP contribution in [0, 0.1) is 6.92 Å². The van der Waals surface area contributed by atoms with Gasteiger partial charge in [-0.25, -0.2) is 0 Å². The van der Waals surface area contributed by atoms with Crippen LogP contribution in [0.4, 0.5) is 0 Å². The third kappa shape index (κ3) is 9.60. The highest BCUT2D eigenvalue weighted by atomic mass is 16.2. The Morgan fingerprint density at radius 2 is 1.81 bits per heavy atom. The first-order valence-electron chi connectivity index (χ1n) is 12.5. The first-order valence-corrected chi connectivity index (χ1v) is 12.5. The molecule has 0 saturated carbocycles. The zero-order valence-electron chi connectivity index (χ0n) is 21.2. The number of likely N-dealkylation sites (N-methyl/N-ethyl adjacent to an activating group) is 1. The number of unbranched alkanes of at least 4 members (excludes halogenated alkanes) is 2. The van der Waals surface area contributed by atoms with E-state index in [2.05, 4.69) is 67.2 Å². The first kappa shape index (κ1) is 28.0. The van der Waals surface area contributed by atoms with Crippen LogP contribution in [-0.2, 0) is 17.8 Å². The van der Waals surface area contributed by atoms with E-state index >= 15 is 0 Å². The van der Waals surface area contributed by atoms with Gasteiger partial charge in [0, 0.05) is 13.6 Å². The maximum Gasteiger partial charge on any atom is 0.242 e. The molecule has 0 fully saturated rings. The molecule has 1 atom stereocenters. The summed E-state index contributed by atoms with van der Waals surface area (Å²) in [6.45, 7) is 18.9. The summed E-state index contributed by atoms with van der Waals surface area (Å²) < 4.78 is 0. The molecule has 0 saturated heterocycles. The lowest BCUT2D eigenvalue weighted by molar-refractivity contribution is -0.125. The number of nitrogens with zero attached hydrogens (tertiary/aromatic N) is 2. The Morgan fingerprint density at radius 1 is 1.09 bits per heavy atom. The number of aryl methyl sites for hydroxylation is 2. The molecule has 0 radical (unpaired) electrons. The lowest BCUT2D eigenvalue weighted by Gasteiger charge is -2.30. The van der Waals surface area contributed by atoms with Crippen molar-refractivity contribution in [2.75, 3.05) is 26.7 Å². The molecule has 4 nitrogen and oxygen atoms in total. The van der Waals surface area contributed by atoms with Gasteiger partial charge in [-0.1, -0.05) is 51.1 Å². The zero-order chi connectivity index (χ0) is 23.8. The molecule has 1 rings (SSSR count). The van der Waals surface area contributed by atoms with Gasteiger partial charge in [0.1, 0.15) is 6.04 Å². The van der Waals surface area contributed by atoms with Crippen LogP contribution in [0.25, 0.3) is 0 Å². The number of allylic oxidation sites excluding steroid dienone is 1. The SMILES string of the molecule is C=CCCC(C(=O)NC)N(C=C)Cc1c(C)cccc1CCCCCN(CCC)CCC. The van der Waals surface area contributed by atoms with Crippen LogP contribution >= 0.6 is 0 Å². The maximum absolute atomic E-state index is 12.5. The number of nitrogens with one attached hydrogen (secondary N) is 1. The van der Waals surface area contributed by atoms with E-state index in [1.54, 1.807) is 7.05 Å². The second-order valence-electron chi connectivity index (χ2n) is 8.72. The van der Waals surface area contributed by atoms with Crippen molar-refractivity contribution in [1.29, 1.82) is 0 Å². The van der Waals surface area contributed by atoms with E-state index in [-0.39, 0.29) is 11.9 Å². The Morgan fingerprint density at radius 3 is 2.41 bits per heavy atom. The number of benzene rings is 1. The summed E-state index contributed by atoms with van der Waals surface area (Å²) in [6.07, 6.45) is 12.5. The monoisotopic (exact) mass is 441 g/mol. The summed E-state index contributed by atoms with van der Waals surface area (Å²) in [4.78, 5) is 17.2. The van der Waals surface area contributed by atoms with E-state index in [4.69, 9.17) is 0 Å². The molecule has 0 bridgehead atoms. The fourth-order valence-electron chi connectivity index (χ4n) is 4.39. The van der Waals surface area contributed by atoms with Crippen LogP contribution < -0.4 is 5.32 Å². The maximum atomic E-state index is 12.5. The number of rotatable bonds is 18. The van der Waals surface area contributed by atoms with Gasteiger partial charge >= 0.3 is 0 Å².